The lowest BCUT2D eigenvalue weighted by atomic mass is 10.1. The van der Waals surface area contributed by atoms with Crippen molar-refractivity contribution in [3.05, 3.63) is 65.0 Å². The third kappa shape index (κ3) is 4.43. The van der Waals surface area contributed by atoms with Crippen molar-refractivity contribution in [2.24, 2.45) is 0 Å². The highest BCUT2D eigenvalue weighted by atomic mass is 16.5. The molecule has 8 nitrogen and oxygen atoms in total. The second-order valence-electron chi connectivity index (χ2n) is 6.63. The number of amides is 2. The maximum atomic E-state index is 12.6. The van der Waals surface area contributed by atoms with Crippen LogP contribution in [-0.4, -0.2) is 33.9 Å². The Labute approximate surface area is 168 Å². The molecule has 150 valence electrons. The van der Waals surface area contributed by atoms with Crippen molar-refractivity contribution in [1.29, 1.82) is 0 Å². The van der Waals surface area contributed by atoms with Gasteiger partial charge in [-0.1, -0.05) is 29.5 Å². The van der Waals surface area contributed by atoms with Crippen molar-refractivity contribution >= 4 is 23.2 Å². The van der Waals surface area contributed by atoms with E-state index in [2.05, 4.69) is 20.9 Å². The Hall–Kier alpha value is -3.68. The SMILES string of the molecule is COc1ccccc1NC(=O)c1nnn(CC(=O)Nc2cccc(C)c2C)c1C. The normalized spacial score (nSPS) is 10.5. The Bertz CT molecular complexity index is 1060. The molecule has 0 aliphatic heterocycles. The smallest absolute Gasteiger partial charge is 0.278 e. The van der Waals surface area contributed by atoms with Crippen LogP contribution < -0.4 is 15.4 Å². The number of hydrogen-bond acceptors (Lipinski definition) is 5. The minimum absolute atomic E-state index is 0.0475. The lowest BCUT2D eigenvalue weighted by Gasteiger charge is -2.11. The Morgan fingerprint density at radius 2 is 1.72 bits per heavy atom. The summed E-state index contributed by atoms with van der Waals surface area (Å²) >= 11 is 0. The summed E-state index contributed by atoms with van der Waals surface area (Å²) < 4.78 is 6.64. The Morgan fingerprint density at radius 1 is 1.00 bits per heavy atom. The van der Waals surface area contributed by atoms with Crippen molar-refractivity contribution < 1.29 is 14.3 Å². The van der Waals surface area contributed by atoms with E-state index in [9.17, 15) is 9.59 Å². The van der Waals surface area contributed by atoms with Crippen LogP contribution in [-0.2, 0) is 11.3 Å². The highest BCUT2D eigenvalue weighted by Gasteiger charge is 2.19. The van der Waals surface area contributed by atoms with Crippen LogP contribution in [0, 0.1) is 20.8 Å². The van der Waals surface area contributed by atoms with Crippen LogP contribution in [0.4, 0.5) is 11.4 Å². The zero-order chi connectivity index (χ0) is 21.0. The van der Waals surface area contributed by atoms with Gasteiger partial charge >= 0.3 is 0 Å². The number of carbonyl (C=O) groups is 2. The number of para-hydroxylation sites is 2. The fourth-order valence-corrected chi connectivity index (χ4v) is 2.86. The molecule has 1 heterocycles. The van der Waals surface area contributed by atoms with Gasteiger partial charge in [-0.25, -0.2) is 4.68 Å². The fraction of sp³-hybridized carbons (Fsp3) is 0.238. The Balaban J connectivity index is 1.71. The number of methoxy groups -OCH3 is 1. The zero-order valence-electron chi connectivity index (χ0n) is 16.8. The van der Waals surface area contributed by atoms with E-state index in [4.69, 9.17) is 4.74 Å². The molecule has 29 heavy (non-hydrogen) atoms. The highest BCUT2D eigenvalue weighted by molar-refractivity contribution is 6.04. The summed E-state index contributed by atoms with van der Waals surface area (Å²) in [6, 6.07) is 12.8. The molecule has 2 aromatic carbocycles. The van der Waals surface area contributed by atoms with Crippen LogP contribution in [0.3, 0.4) is 0 Å². The summed E-state index contributed by atoms with van der Waals surface area (Å²) in [5.74, 6) is -0.129. The molecular weight excluding hydrogens is 370 g/mol. The maximum Gasteiger partial charge on any atom is 0.278 e. The molecule has 0 aliphatic rings. The van der Waals surface area contributed by atoms with Gasteiger partial charge in [-0.3, -0.25) is 9.59 Å². The summed E-state index contributed by atoms with van der Waals surface area (Å²) in [7, 11) is 1.53. The molecule has 0 fully saturated rings. The van der Waals surface area contributed by atoms with Crippen molar-refractivity contribution in [1.82, 2.24) is 15.0 Å². The lowest BCUT2D eigenvalue weighted by Crippen LogP contribution is -2.21. The molecule has 3 aromatic rings. The number of benzene rings is 2. The number of aromatic nitrogens is 3. The van der Waals surface area contributed by atoms with E-state index in [1.54, 1.807) is 25.1 Å². The van der Waals surface area contributed by atoms with Crippen molar-refractivity contribution in [2.45, 2.75) is 27.3 Å². The van der Waals surface area contributed by atoms with Gasteiger partial charge in [0, 0.05) is 5.69 Å². The van der Waals surface area contributed by atoms with Crippen molar-refractivity contribution in [3.63, 3.8) is 0 Å². The Kier molecular flexibility index (Phi) is 5.92. The molecule has 1 aromatic heterocycles. The molecular formula is C21H23N5O3. The van der Waals surface area contributed by atoms with Crippen molar-refractivity contribution in [2.75, 3.05) is 17.7 Å². The van der Waals surface area contributed by atoms with Crippen LogP contribution in [0.2, 0.25) is 0 Å². The number of carbonyl (C=O) groups excluding carboxylic acids is 2. The van der Waals surface area contributed by atoms with Gasteiger partial charge in [0.05, 0.1) is 18.5 Å². The first-order valence-electron chi connectivity index (χ1n) is 9.11. The molecule has 0 saturated carbocycles. The first-order valence-corrected chi connectivity index (χ1v) is 9.11. The van der Waals surface area contributed by atoms with Gasteiger partial charge in [-0.15, -0.1) is 5.10 Å². The molecule has 0 radical (unpaired) electrons. The second kappa shape index (κ2) is 8.55. The Morgan fingerprint density at radius 3 is 2.48 bits per heavy atom. The van der Waals surface area contributed by atoms with Crippen LogP contribution in [0.15, 0.2) is 42.5 Å². The minimum Gasteiger partial charge on any atom is -0.495 e. The first-order chi connectivity index (χ1) is 13.9. The average Bonchev–Trinajstić information content (AvgIpc) is 3.06. The number of nitrogens with zero attached hydrogens (tertiary/aromatic N) is 3. The summed E-state index contributed by atoms with van der Waals surface area (Å²) in [5.41, 5.74) is 4.02. The first kappa shape index (κ1) is 20.1. The number of nitrogens with one attached hydrogen (secondary N) is 2. The summed E-state index contributed by atoms with van der Waals surface area (Å²) in [6.07, 6.45) is 0. The van der Waals surface area contributed by atoms with E-state index < -0.39 is 5.91 Å². The van der Waals surface area contributed by atoms with Crippen LogP contribution >= 0.6 is 0 Å². The molecule has 0 atom stereocenters. The van der Waals surface area contributed by atoms with Gasteiger partial charge in [0.25, 0.3) is 5.91 Å². The number of hydrogen-bond donors (Lipinski definition) is 2. The van der Waals surface area contributed by atoms with E-state index >= 15 is 0 Å². The fourth-order valence-electron chi connectivity index (χ4n) is 2.86. The third-order valence-electron chi connectivity index (χ3n) is 4.72. The minimum atomic E-state index is -0.423. The molecule has 0 unspecified atom stereocenters. The van der Waals surface area contributed by atoms with Gasteiger partial charge in [0.1, 0.15) is 12.3 Å². The van der Waals surface area contributed by atoms with Gasteiger partial charge in [0.2, 0.25) is 5.91 Å². The van der Waals surface area contributed by atoms with Crippen LogP contribution in [0.5, 0.6) is 5.75 Å². The molecule has 0 aliphatic carbocycles. The van der Waals surface area contributed by atoms with E-state index in [0.717, 1.165) is 16.8 Å². The number of rotatable bonds is 6. The highest BCUT2D eigenvalue weighted by Crippen LogP contribution is 2.24. The van der Waals surface area contributed by atoms with Crippen LogP contribution in [0.1, 0.15) is 27.3 Å². The maximum absolute atomic E-state index is 12.6. The predicted octanol–water partition coefficient (Wildman–Crippen LogP) is 3.10. The quantitative estimate of drug-likeness (QED) is 0.671. The average molecular weight is 393 g/mol. The van der Waals surface area contributed by atoms with E-state index in [1.165, 1.54) is 11.8 Å². The molecule has 0 saturated heterocycles. The monoisotopic (exact) mass is 393 g/mol. The van der Waals surface area contributed by atoms with Crippen LogP contribution in [0.25, 0.3) is 0 Å². The number of anilines is 2. The largest absolute Gasteiger partial charge is 0.495 e. The number of aryl methyl sites for hydroxylation is 1. The molecule has 3 rings (SSSR count). The number of ether oxygens (including phenoxy) is 1. The third-order valence-corrected chi connectivity index (χ3v) is 4.72. The molecule has 8 heteroatoms. The molecule has 0 bridgehead atoms. The lowest BCUT2D eigenvalue weighted by molar-refractivity contribution is -0.117. The second-order valence-corrected chi connectivity index (χ2v) is 6.63. The van der Waals surface area contributed by atoms with Gasteiger partial charge < -0.3 is 15.4 Å². The standard InChI is InChI=1S/C21H23N5O3/c1-13-8-7-10-16(14(13)2)22-19(27)12-26-15(3)20(24-25-26)21(28)23-17-9-5-6-11-18(17)29-4/h5-11H,12H2,1-4H3,(H,22,27)(H,23,28). The summed E-state index contributed by atoms with van der Waals surface area (Å²) in [5, 5.41) is 13.5. The van der Waals surface area contributed by atoms with Gasteiger partial charge in [-0.2, -0.15) is 0 Å². The van der Waals surface area contributed by atoms with Crippen molar-refractivity contribution in [3.8, 4) is 5.75 Å². The van der Waals surface area contributed by atoms with Gasteiger partial charge in [0.15, 0.2) is 5.69 Å². The summed E-state index contributed by atoms with van der Waals surface area (Å²) in [4.78, 5) is 25.0. The zero-order valence-corrected chi connectivity index (χ0v) is 16.8. The van der Waals surface area contributed by atoms with E-state index in [-0.39, 0.29) is 18.1 Å². The van der Waals surface area contributed by atoms with Gasteiger partial charge in [-0.05, 0) is 50.1 Å². The summed E-state index contributed by atoms with van der Waals surface area (Å²) in [6.45, 7) is 5.58. The van der Waals surface area contributed by atoms with E-state index in [0.29, 0.717) is 17.1 Å². The predicted molar refractivity (Wildman–Crippen MR) is 110 cm³/mol. The molecule has 2 N–H and O–H groups in total. The molecule has 2 amide bonds. The topological polar surface area (TPSA) is 98.1 Å². The molecule has 0 spiro atoms. The van der Waals surface area contributed by atoms with E-state index in [1.807, 2.05) is 38.1 Å².